The molecule has 1 aliphatic rings. The predicted molar refractivity (Wildman–Crippen MR) is 99.7 cm³/mol. The fourth-order valence-corrected chi connectivity index (χ4v) is 3.70. The van der Waals surface area contributed by atoms with E-state index in [1.54, 1.807) is 0 Å². The second kappa shape index (κ2) is 8.44. The molecule has 0 radical (unpaired) electrons. The Labute approximate surface area is 165 Å². The van der Waals surface area contributed by atoms with E-state index in [4.69, 9.17) is 14.2 Å². The number of alkyl halides is 1. The number of rotatable bonds is 7. The molecule has 0 saturated carbocycles. The number of fused-ring (bicyclic) bond motifs is 1. The van der Waals surface area contributed by atoms with E-state index in [-0.39, 0.29) is 0 Å². The van der Waals surface area contributed by atoms with Gasteiger partial charge in [0.05, 0.1) is 12.9 Å². The predicted octanol–water partition coefficient (Wildman–Crippen LogP) is 1.70. The smallest absolute Gasteiger partial charge is 0.394 e. The number of benzene rings is 1. The minimum absolute atomic E-state index is 0.314. The lowest BCUT2D eigenvalue weighted by Gasteiger charge is -2.15. The van der Waals surface area contributed by atoms with Crippen molar-refractivity contribution in [2.24, 2.45) is 0 Å². The minimum Gasteiger partial charge on any atom is -0.394 e. The minimum atomic E-state index is -3.06. The van der Waals surface area contributed by atoms with Crippen molar-refractivity contribution >= 4 is 25.2 Å². The van der Waals surface area contributed by atoms with Crippen LogP contribution in [0.3, 0.4) is 0 Å². The van der Waals surface area contributed by atoms with Gasteiger partial charge in [0.15, 0.2) is 35.5 Å². The normalized spacial score (nSPS) is 24.7. The molecule has 152 valence electrons. The lowest BCUT2D eigenvalue weighted by molar-refractivity contribution is -0.0436. The number of hydrogen-bond donors (Lipinski definition) is 3. The number of aliphatic hydroxyl groups is 1. The molecule has 3 heterocycles. The van der Waals surface area contributed by atoms with Crippen LogP contribution in [-0.4, -0.2) is 54.5 Å². The molecule has 3 aromatic rings. The van der Waals surface area contributed by atoms with Crippen LogP contribution >= 0.6 is 8.25 Å². The lowest BCUT2D eigenvalue weighted by Crippen LogP contribution is -2.32. The zero-order valence-electron chi connectivity index (χ0n) is 15.0. The number of aliphatic hydroxyl groups excluding tert-OH is 1. The van der Waals surface area contributed by atoms with Crippen molar-refractivity contribution in [1.82, 2.24) is 19.5 Å². The summed E-state index contributed by atoms with van der Waals surface area (Å²) in [6.07, 6.45) is -2.87. The average molecular weight is 422 g/mol. The summed E-state index contributed by atoms with van der Waals surface area (Å²) in [6, 6.07) is 9.70. The quantitative estimate of drug-likeness (QED) is 0.487. The van der Waals surface area contributed by atoms with Gasteiger partial charge in [-0.25, -0.2) is 19.3 Å². The second-order valence-electron chi connectivity index (χ2n) is 6.39. The first-order valence-corrected chi connectivity index (χ1v) is 9.90. The first-order chi connectivity index (χ1) is 14.1. The third-order valence-electron chi connectivity index (χ3n) is 4.59. The molecular weight excluding hydrogens is 404 g/mol. The number of halogens is 1. The highest BCUT2D eigenvalue weighted by molar-refractivity contribution is 7.32. The Bertz CT molecular complexity index is 1010. The summed E-state index contributed by atoms with van der Waals surface area (Å²) in [5.41, 5.74) is 1.77. The first-order valence-electron chi connectivity index (χ1n) is 8.77. The van der Waals surface area contributed by atoms with Crippen molar-refractivity contribution < 1.29 is 28.2 Å². The van der Waals surface area contributed by atoms with Gasteiger partial charge in [0, 0.05) is 11.1 Å². The van der Waals surface area contributed by atoms with E-state index >= 15 is 0 Å². The van der Waals surface area contributed by atoms with E-state index < -0.39 is 39.5 Å². The summed E-state index contributed by atoms with van der Waals surface area (Å²) >= 11 is 0. The topological polar surface area (TPSA) is 132 Å². The average Bonchev–Trinajstić information content (AvgIpc) is 3.28. The van der Waals surface area contributed by atoms with E-state index in [9.17, 15) is 14.1 Å². The van der Waals surface area contributed by atoms with Gasteiger partial charge in [-0.05, 0) is 5.56 Å². The molecule has 5 atom stereocenters. The molecule has 4 rings (SSSR count). The summed E-state index contributed by atoms with van der Waals surface area (Å²) in [7, 11) is -3.06. The van der Waals surface area contributed by atoms with Crippen molar-refractivity contribution in [1.29, 1.82) is 0 Å². The molecule has 1 aliphatic heterocycles. The van der Waals surface area contributed by atoms with Crippen LogP contribution in [0, 0.1) is 0 Å². The van der Waals surface area contributed by atoms with Crippen molar-refractivity contribution in [3.8, 4) is 0 Å². The molecule has 1 saturated heterocycles. The number of aromatic nitrogens is 4. The lowest BCUT2D eigenvalue weighted by atomic mass is 10.1. The fraction of sp³-hybridized carbons (Fsp3) is 0.353. The summed E-state index contributed by atoms with van der Waals surface area (Å²) in [4.78, 5) is 21.6. The van der Waals surface area contributed by atoms with Crippen molar-refractivity contribution in [2.75, 3.05) is 11.9 Å². The van der Waals surface area contributed by atoms with E-state index in [0.29, 0.717) is 23.5 Å². The summed E-state index contributed by atoms with van der Waals surface area (Å²) in [6.45, 7) is -0.0617. The monoisotopic (exact) mass is 422 g/mol. The Kier molecular flexibility index (Phi) is 5.74. The maximum atomic E-state index is 14.9. The SMILES string of the molecule is O=[P+](O)O[C@H]1[C@@H](F)[C@H](n2cnc3c(NCc4ccccc4)ncnc32)O[C@@H]1CO. The van der Waals surface area contributed by atoms with Crippen molar-refractivity contribution in [2.45, 2.75) is 31.2 Å². The number of anilines is 1. The number of nitrogens with zero attached hydrogens (tertiary/aromatic N) is 4. The summed E-state index contributed by atoms with van der Waals surface area (Å²) < 4.78 is 37.4. The molecule has 1 unspecified atom stereocenters. The maximum absolute atomic E-state index is 14.9. The molecule has 12 heteroatoms. The van der Waals surface area contributed by atoms with Gasteiger partial charge in [0.2, 0.25) is 0 Å². The summed E-state index contributed by atoms with van der Waals surface area (Å²) in [5, 5.41) is 12.6. The van der Waals surface area contributed by atoms with Gasteiger partial charge >= 0.3 is 8.25 Å². The molecular formula is C17H18FN5O5P+. The largest absolute Gasteiger partial charge is 0.695 e. The van der Waals surface area contributed by atoms with Crippen molar-refractivity contribution in [3.63, 3.8) is 0 Å². The third-order valence-corrected chi connectivity index (χ3v) is 5.02. The van der Waals surface area contributed by atoms with E-state index in [2.05, 4.69) is 20.3 Å². The standard InChI is InChI=1S/C17H17FN5O5P/c18-12-14(28-29(25)26)11(7-24)27-17(12)23-9-22-13-15(20-8-21-16(13)23)19-6-10-4-2-1-3-5-10/h1-5,8-9,11-12,14,17,24H,6-7H2,(H-,19,20,21,25,26)/p+1/t11-,12-,14-,17-/m1/s1. The van der Waals surface area contributed by atoms with Crippen LogP contribution < -0.4 is 5.32 Å². The van der Waals surface area contributed by atoms with Gasteiger partial charge in [-0.2, -0.15) is 0 Å². The molecule has 29 heavy (non-hydrogen) atoms. The maximum Gasteiger partial charge on any atom is 0.695 e. The second-order valence-corrected chi connectivity index (χ2v) is 7.07. The number of hydrogen-bond acceptors (Lipinski definition) is 8. The Balaban J connectivity index is 1.60. The molecule has 1 fully saturated rings. The van der Waals surface area contributed by atoms with Crippen LogP contribution in [0.1, 0.15) is 11.8 Å². The van der Waals surface area contributed by atoms with E-state index in [1.165, 1.54) is 17.2 Å². The number of imidazole rings is 1. The molecule has 0 amide bonds. The summed E-state index contributed by atoms with van der Waals surface area (Å²) in [5.74, 6) is 0.468. The van der Waals surface area contributed by atoms with Gasteiger partial charge < -0.3 is 15.2 Å². The Morgan fingerprint density at radius 1 is 1.28 bits per heavy atom. The van der Waals surface area contributed by atoms with Gasteiger partial charge in [0.1, 0.15) is 12.4 Å². The highest BCUT2D eigenvalue weighted by Crippen LogP contribution is 2.38. The number of nitrogens with one attached hydrogen (secondary N) is 1. The molecule has 10 nitrogen and oxygen atoms in total. The zero-order chi connectivity index (χ0) is 20.4. The van der Waals surface area contributed by atoms with Crippen LogP contribution in [0.15, 0.2) is 43.0 Å². The molecule has 0 spiro atoms. The molecule has 1 aromatic carbocycles. The molecule has 0 bridgehead atoms. The number of ether oxygens (including phenoxy) is 1. The third kappa shape index (κ3) is 3.96. The van der Waals surface area contributed by atoms with Gasteiger partial charge in [-0.3, -0.25) is 4.57 Å². The van der Waals surface area contributed by atoms with Crippen LogP contribution in [0.2, 0.25) is 0 Å². The fourth-order valence-electron chi connectivity index (χ4n) is 3.24. The van der Waals surface area contributed by atoms with Crippen molar-refractivity contribution in [3.05, 3.63) is 48.5 Å². The highest BCUT2D eigenvalue weighted by Gasteiger charge is 2.51. The Hall–Kier alpha value is -2.56. The highest BCUT2D eigenvalue weighted by atomic mass is 31.1. The van der Waals surface area contributed by atoms with Crippen LogP contribution in [-0.2, 0) is 20.4 Å². The van der Waals surface area contributed by atoms with Gasteiger partial charge in [-0.1, -0.05) is 30.3 Å². The van der Waals surface area contributed by atoms with Gasteiger partial charge in [-0.15, -0.1) is 9.42 Å². The van der Waals surface area contributed by atoms with Gasteiger partial charge in [0.25, 0.3) is 0 Å². The molecule has 0 aliphatic carbocycles. The zero-order valence-corrected chi connectivity index (χ0v) is 15.9. The first kappa shape index (κ1) is 19.7. The molecule has 3 N–H and O–H groups in total. The Morgan fingerprint density at radius 3 is 2.79 bits per heavy atom. The Morgan fingerprint density at radius 2 is 2.07 bits per heavy atom. The van der Waals surface area contributed by atoms with Crippen LogP contribution in [0.25, 0.3) is 11.2 Å². The molecule has 2 aromatic heterocycles. The van der Waals surface area contributed by atoms with Crippen LogP contribution in [0.4, 0.5) is 10.2 Å². The van der Waals surface area contributed by atoms with E-state index in [1.807, 2.05) is 30.3 Å². The van der Waals surface area contributed by atoms with Crippen LogP contribution in [0.5, 0.6) is 0 Å². The van der Waals surface area contributed by atoms with E-state index in [0.717, 1.165) is 5.56 Å².